The van der Waals surface area contributed by atoms with E-state index in [1.165, 1.54) is 11.3 Å². The number of aryl methyl sites for hydroxylation is 1. The number of nitrogens with one attached hydrogen (secondary N) is 2. The molecule has 0 saturated heterocycles. The van der Waals surface area contributed by atoms with Gasteiger partial charge in [0.25, 0.3) is 0 Å². The van der Waals surface area contributed by atoms with Crippen molar-refractivity contribution in [2.75, 3.05) is 5.32 Å². The highest BCUT2D eigenvalue weighted by Crippen LogP contribution is 2.13. The summed E-state index contributed by atoms with van der Waals surface area (Å²) in [6.07, 6.45) is 0.442. The van der Waals surface area contributed by atoms with Crippen LogP contribution in [-0.2, 0) is 4.79 Å². The number of carboxylic acid groups (broad SMARTS) is 1. The zero-order chi connectivity index (χ0) is 12.8. The van der Waals surface area contributed by atoms with E-state index in [-0.39, 0.29) is 18.5 Å². The molecule has 1 aromatic rings. The molecule has 2 amide bonds. The van der Waals surface area contributed by atoms with Crippen LogP contribution >= 0.6 is 11.3 Å². The highest BCUT2D eigenvalue weighted by atomic mass is 32.1. The molecule has 0 aliphatic carbocycles. The lowest BCUT2D eigenvalue weighted by molar-refractivity contribution is -0.137. The van der Waals surface area contributed by atoms with Crippen LogP contribution in [-0.4, -0.2) is 28.1 Å². The molecule has 1 atom stereocenters. The maximum Gasteiger partial charge on any atom is 0.321 e. The molecule has 0 bridgehead atoms. The number of hydrogen-bond donors (Lipinski definition) is 3. The van der Waals surface area contributed by atoms with Crippen molar-refractivity contribution in [2.24, 2.45) is 0 Å². The fourth-order valence-electron chi connectivity index (χ4n) is 1.18. The van der Waals surface area contributed by atoms with Gasteiger partial charge < -0.3 is 10.4 Å². The fraction of sp³-hybridized carbons (Fsp3) is 0.500. The van der Waals surface area contributed by atoms with E-state index in [2.05, 4.69) is 15.6 Å². The van der Waals surface area contributed by atoms with Gasteiger partial charge in [-0.15, -0.1) is 11.3 Å². The third kappa shape index (κ3) is 5.30. The zero-order valence-corrected chi connectivity index (χ0v) is 10.5. The predicted molar refractivity (Wildman–Crippen MR) is 65.3 cm³/mol. The molecular weight excluding hydrogens is 242 g/mol. The second kappa shape index (κ2) is 6.19. The van der Waals surface area contributed by atoms with Crippen LogP contribution in [0.3, 0.4) is 0 Å². The first-order chi connectivity index (χ1) is 7.97. The molecule has 0 saturated carbocycles. The Morgan fingerprint density at radius 1 is 1.59 bits per heavy atom. The molecule has 1 unspecified atom stereocenters. The Labute approximate surface area is 103 Å². The lowest BCUT2D eigenvalue weighted by Crippen LogP contribution is -2.36. The number of thiazole rings is 1. The minimum atomic E-state index is -0.866. The van der Waals surface area contributed by atoms with Crippen molar-refractivity contribution in [1.29, 1.82) is 0 Å². The number of carbonyl (C=O) groups excluding carboxylic acids is 1. The van der Waals surface area contributed by atoms with Crippen molar-refractivity contribution in [1.82, 2.24) is 10.3 Å². The molecule has 17 heavy (non-hydrogen) atoms. The summed E-state index contributed by atoms with van der Waals surface area (Å²) in [5.41, 5.74) is 0.851. The van der Waals surface area contributed by atoms with Crippen molar-refractivity contribution in [2.45, 2.75) is 32.7 Å². The van der Waals surface area contributed by atoms with Gasteiger partial charge in [0.2, 0.25) is 0 Å². The lowest BCUT2D eigenvalue weighted by Gasteiger charge is -2.12. The van der Waals surface area contributed by atoms with Crippen LogP contribution in [0.1, 0.15) is 25.5 Å². The van der Waals surface area contributed by atoms with Gasteiger partial charge in [-0.3, -0.25) is 10.1 Å². The van der Waals surface area contributed by atoms with Gasteiger partial charge in [0.1, 0.15) is 0 Å². The summed E-state index contributed by atoms with van der Waals surface area (Å²) in [5.74, 6) is -0.866. The molecule has 0 radical (unpaired) electrons. The molecule has 1 heterocycles. The van der Waals surface area contributed by atoms with Crippen LogP contribution in [0.25, 0.3) is 0 Å². The van der Waals surface area contributed by atoms with E-state index >= 15 is 0 Å². The number of aromatic nitrogens is 1. The Balaban J connectivity index is 2.31. The van der Waals surface area contributed by atoms with Crippen molar-refractivity contribution in [3.63, 3.8) is 0 Å². The standard InChI is InChI=1S/C10H15N3O3S/c1-6(3-4-8(14)15)11-9(16)13-10-12-7(2)5-17-10/h5-6H,3-4H2,1-2H3,(H,14,15)(H2,11,12,13,16). The summed E-state index contributed by atoms with van der Waals surface area (Å²) in [6.45, 7) is 3.60. The number of rotatable bonds is 5. The minimum absolute atomic E-state index is 0.0395. The first-order valence-electron chi connectivity index (χ1n) is 5.19. The monoisotopic (exact) mass is 257 g/mol. The maximum atomic E-state index is 11.5. The molecule has 0 aromatic carbocycles. The second-order valence-corrected chi connectivity index (χ2v) is 4.58. The molecule has 1 aromatic heterocycles. The number of amides is 2. The molecule has 6 nitrogen and oxygen atoms in total. The fourth-order valence-corrected chi connectivity index (χ4v) is 1.86. The van der Waals surface area contributed by atoms with Gasteiger partial charge in [-0.2, -0.15) is 0 Å². The van der Waals surface area contributed by atoms with Crippen molar-refractivity contribution in [3.05, 3.63) is 11.1 Å². The highest BCUT2D eigenvalue weighted by Gasteiger charge is 2.10. The summed E-state index contributed by atoms with van der Waals surface area (Å²) in [7, 11) is 0. The number of anilines is 1. The molecule has 3 N–H and O–H groups in total. The average Bonchev–Trinajstić information content (AvgIpc) is 2.60. The van der Waals surface area contributed by atoms with Gasteiger partial charge in [-0.05, 0) is 20.3 Å². The van der Waals surface area contributed by atoms with Gasteiger partial charge in [0, 0.05) is 17.8 Å². The topological polar surface area (TPSA) is 91.3 Å². The first kappa shape index (κ1) is 13.4. The Bertz CT molecular complexity index is 405. The third-order valence-electron chi connectivity index (χ3n) is 2.01. The molecule has 94 valence electrons. The summed E-state index contributed by atoms with van der Waals surface area (Å²) < 4.78 is 0. The number of nitrogens with zero attached hydrogens (tertiary/aromatic N) is 1. The van der Waals surface area contributed by atoms with Crippen LogP contribution in [0.4, 0.5) is 9.93 Å². The largest absolute Gasteiger partial charge is 0.481 e. The van der Waals surface area contributed by atoms with Crippen molar-refractivity contribution in [3.8, 4) is 0 Å². The number of carbonyl (C=O) groups is 2. The van der Waals surface area contributed by atoms with Crippen LogP contribution in [0.5, 0.6) is 0 Å². The van der Waals surface area contributed by atoms with E-state index < -0.39 is 5.97 Å². The van der Waals surface area contributed by atoms with Crippen LogP contribution in [0.2, 0.25) is 0 Å². The van der Waals surface area contributed by atoms with E-state index in [1.807, 2.05) is 12.3 Å². The van der Waals surface area contributed by atoms with Gasteiger partial charge in [-0.25, -0.2) is 9.78 Å². The van der Waals surface area contributed by atoms with E-state index in [9.17, 15) is 9.59 Å². The zero-order valence-electron chi connectivity index (χ0n) is 9.69. The summed E-state index contributed by atoms with van der Waals surface area (Å²) in [5, 5.41) is 16.1. The maximum absolute atomic E-state index is 11.5. The lowest BCUT2D eigenvalue weighted by atomic mass is 10.2. The van der Waals surface area contributed by atoms with Gasteiger partial charge in [-0.1, -0.05) is 0 Å². The van der Waals surface area contributed by atoms with E-state index in [0.717, 1.165) is 5.69 Å². The van der Waals surface area contributed by atoms with Crippen LogP contribution in [0.15, 0.2) is 5.38 Å². The SMILES string of the molecule is Cc1csc(NC(=O)NC(C)CCC(=O)O)n1. The van der Waals surface area contributed by atoms with Gasteiger partial charge in [0.15, 0.2) is 5.13 Å². The number of aliphatic carboxylic acids is 1. The molecule has 0 aliphatic rings. The third-order valence-corrected chi connectivity index (χ3v) is 2.88. The highest BCUT2D eigenvalue weighted by molar-refractivity contribution is 7.13. The van der Waals surface area contributed by atoms with E-state index in [1.54, 1.807) is 6.92 Å². The molecular formula is C10H15N3O3S. The predicted octanol–water partition coefficient (Wildman–Crippen LogP) is 1.83. The molecule has 0 aliphatic heterocycles. The molecule has 7 heteroatoms. The van der Waals surface area contributed by atoms with Crippen LogP contribution < -0.4 is 10.6 Å². The van der Waals surface area contributed by atoms with Crippen molar-refractivity contribution < 1.29 is 14.7 Å². The number of urea groups is 1. The van der Waals surface area contributed by atoms with Crippen LogP contribution in [0, 0.1) is 6.92 Å². The van der Waals surface area contributed by atoms with E-state index in [4.69, 9.17) is 5.11 Å². The van der Waals surface area contributed by atoms with Crippen molar-refractivity contribution >= 4 is 28.5 Å². The van der Waals surface area contributed by atoms with Gasteiger partial charge in [0.05, 0.1) is 5.69 Å². The number of hydrogen-bond acceptors (Lipinski definition) is 4. The Hall–Kier alpha value is -1.63. The second-order valence-electron chi connectivity index (χ2n) is 3.73. The normalized spacial score (nSPS) is 11.9. The summed E-state index contributed by atoms with van der Waals surface area (Å²) >= 11 is 1.35. The Kier molecular flexibility index (Phi) is 4.89. The molecule has 1 rings (SSSR count). The Morgan fingerprint density at radius 2 is 2.29 bits per heavy atom. The van der Waals surface area contributed by atoms with Gasteiger partial charge >= 0.3 is 12.0 Å². The summed E-state index contributed by atoms with van der Waals surface area (Å²) in [4.78, 5) is 25.9. The first-order valence-corrected chi connectivity index (χ1v) is 6.07. The molecule has 0 fully saturated rings. The summed E-state index contributed by atoms with van der Waals surface area (Å²) in [6, 6.07) is -0.551. The number of carboxylic acids is 1. The average molecular weight is 257 g/mol. The molecule has 0 spiro atoms. The quantitative estimate of drug-likeness (QED) is 0.750. The van der Waals surface area contributed by atoms with E-state index in [0.29, 0.717) is 11.6 Å². The minimum Gasteiger partial charge on any atom is -0.481 e. The smallest absolute Gasteiger partial charge is 0.321 e. The Morgan fingerprint density at radius 3 is 2.82 bits per heavy atom.